The van der Waals surface area contributed by atoms with Crippen molar-refractivity contribution in [1.29, 1.82) is 0 Å². The molecular formula is C20H29NO4. The van der Waals surface area contributed by atoms with Gasteiger partial charge in [-0.2, -0.15) is 0 Å². The number of ether oxygens (including phenoxy) is 3. The lowest BCUT2D eigenvalue weighted by Crippen LogP contribution is -2.43. The normalized spacial score (nSPS) is 23.0. The Bertz CT molecular complexity index is 604. The van der Waals surface area contributed by atoms with E-state index in [0.29, 0.717) is 19.8 Å². The van der Waals surface area contributed by atoms with E-state index in [2.05, 4.69) is 29.6 Å². The molecule has 1 aliphatic heterocycles. The zero-order valence-corrected chi connectivity index (χ0v) is 15.5. The fourth-order valence-corrected chi connectivity index (χ4v) is 3.80. The molecule has 1 N–H and O–H groups in total. The molecule has 0 radical (unpaired) electrons. The first-order valence-electron chi connectivity index (χ1n) is 9.16. The number of carbonyl (C=O) groups is 1. The topological polar surface area (TPSA) is 56.8 Å². The highest BCUT2D eigenvalue weighted by molar-refractivity contribution is 5.67. The highest BCUT2D eigenvalue weighted by atomic mass is 16.7. The lowest BCUT2D eigenvalue weighted by atomic mass is 9.60. The summed E-state index contributed by atoms with van der Waals surface area (Å²) in [5.41, 5.74) is 2.44. The Balaban J connectivity index is 1.57. The molecule has 0 bridgehead atoms. The average Bonchev–Trinajstić information content (AvgIpc) is 3.02. The molecule has 1 saturated heterocycles. The summed E-state index contributed by atoms with van der Waals surface area (Å²) in [6.07, 6.45) is 3.41. The molecule has 1 aromatic carbocycles. The van der Waals surface area contributed by atoms with Crippen molar-refractivity contribution in [1.82, 2.24) is 5.32 Å². The quantitative estimate of drug-likeness (QED) is 0.855. The average molecular weight is 347 g/mol. The van der Waals surface area contributed by atoms with Crippen LogP contribution in [0.4, 0.5) is 4.79 Å². The first-order chi connectivity index (χ1) is 11.9. The highest BCUT2D eigenvalue weighted by Crippen LogP contribution is 2.47. The van der Waals surface area contributed by atoms with E-state index in [1.807, 2.05) is 20.8 Å². The molecule has 0 saturated carbocycles. The van der Waals surface area contributed by atoms with Gasteiger partial charge in [0.25, 0.3) is 0 Å². The fourth-order valence-electron chi connectivity index (χ4n) is 3.80. The smallest absolute Gasteiger partial charge is 0.407 e. The molecular weight excluding hydrogens is 318 g/mol. The number of fused-ring (bicyclic) bond motifs is 1. The van der Waals surface area contributed by atoms with Gasteiger partial charge >= 0.3 is 6.09 Å². The molecule has 1 fully saturated rings. The van der Waals surface area contributed by atoms with Gasteiger partial charge in [0.2, 0.25) is 0 Å². The second kappa shape index (κ2) is 7.34. The Morgan fingerprint density at radius 1 is 1.24 bits per heavy atom. The SMILES string of the molecule is CC(C)(C)OC(=O)NCCC1(CCC2OCCO2)Cc2ccccc21. The molecule has 1 aromatic rings. The van der Waals surface area contributed by atoms with E-state index in [0.717, 1.165) is 25.7 Å². The third-order valence-electron chi connectivity index (χ3n) is 4.94. The van der Waals surface area contributed by atoms with Crippen molar-refractivity contribution in [2.45, 2.75) is 63.8 Å². The van der Waals surface area contributed by atoms with Gasteiger partial charge in [0.1, 0.15) is 5.60 Å². The monoisotopic (exact) mass is 347 g/mol. The van der Waals surface area contributed by atoms with Crippen molar-refractivity contribution in [3.63, 3.8) is 0 Å². The maximum Gasteiger partial charge on any atom is 0.407 e. The van der Waals surface area contributed by atoms with Gasteiger partial charge in [-0.3, -0.25) is 0 Å². The standard InChI is InChI=1S/C20H29NO4/c1-19(2,3)25-18(22)21-11-10-20(9-8-17-23-12-13-24-17)14-15-6-4-5-7-16(15)20/h4-7,17H,8-14H2,1-3H3,(H,21,22). The van der Waals surface area contributed by atoms with Gasteiger partial charge < -0.3 is 19.5 Å². The fraction of sp³-hybridized carbons (Fsp3) is 0.650. The Morgan fingerprint density at radius 3 is 2.64 bits per heavy atom. The predicted octanol–water partition coefficient (Wildman–Crippen LogP) is 3.55. The maximum absolute atomic E-state index is 11.9. The lowest BCUT2D eigenvalue weighted by Gasteiger charge is -2.45. The molecule has 1 aliphatic carbocycles. The van der Waals surface area contributed by atoms with E-state index >= 15 is 0 Å². The van der Waals surface area contributed by atoms with Gasteiger partial charge in [-0.25, -0.2) is 4.79 Å². The number of hydrogen-bond acceptors (Lipinski definition) is 4. The van der Waals surface area contributed by atoms with Gasteiger partial charge in [0.15, 0.2) is 6.29 Å². The Hall–Kier alpha value is -1.59. The second-order valence-corrected chi connectivity index (χ2v) is 8.00. The largest absolute Gasteiger partial charge is 0.444 e. The van der Waals surface area contributed by atoms with E-state index in [1.165, 1.54) is 11.1 Å². The maximum atomic E-state index is 11.9. The van der Waals surface area contributed by atoms with Crippen LogP contribution in [0.25, 0.3) is 0 Å². The van der Waals surface area contributed by atoms with Crippen molar-refractivity contribution < 1.29 is 19.0 Å². The minimum absolute atomic E-state index is 0.0801. The summed E-state index contributed by atoms with van der Waals surface area (Å²) in [5.74, 6) is 0. The van der Waals surface area contributed by atoms with Crippen LogP contribution in [0.1, 0.15) is 51.2 Å². The Morgan fingerprint density at radius 2 is 1.96 bits per heavy atom. The van der Waals surface area contributed by atoms with Crippen molar-refractivity contribution in [3.8, 4) is 0 Å². The van der Waals surface area contributed by atoms with Crippen molar-refractivity contribution >= 4 is 6.09 Å². The third-order valence-corrected chi connectivity index (χ3v) is 4.94. The Labute approximate surface area is 150 Å². The molecule has 25 heavy (non-hydrogen) atoms. The number of benzene rings is 1. The van der Waals surface area contributed by atoms with Crippen molar-refractivity contribution in [2.24, 2.45) is 0 Å². The van der Waals surface area contributed by atoms with Crippen LogP contribution in [0, 0.1) is 0 Å². The molecule has 1 amide bonds. The molecule has 1 heterocycles. The van der Waals surface area contributed by atoms with Crippen LogP contribution in [0.5, 0.6) is 0 Å². The van der Waals surface area contributed by atoms with Gasteiger partial charge in [0.05, 0.1) is 13.2 Å². The summed E-state index contributed by atoms with van der Waals surface area (Å²) in [4.78, 5) is 11.9. The lowest BCUT2D eigenvalue weighted by molar-refractivity contribution is -0.0524. The van der Waals surface area contributed by atoms with E-state index in [-0.39, 0.29) is 17.8 Å². The van der Waals surface area contributed by atoms with E-state index in [9.17, 15) is 4.79 Å². The van der Waals surface area contributed by atoms with E-state index in [4.69, 9.17) is 14.2 Å². The first-order valence-corrected chi connectivity index (χ1v) is 9.16. The van der Waals surface area contributed by atoms with Crippen LogP contribution in [0.2, 0.25) is 0 Å². The molecule has 1 unspecified atom stereocenters. The van der Waals surface area contributed by atoms with Gasteiger partial charge in [-0.15, -0.1) is 0 Å². The summed E-state index contributed by atoms with van der Waals surface area (Å²) in [7, 11) is 0. The zero-order chi connectivity index (χ0) is 17.9. The summed E-state index contributed by atoms with van der Waals surface area (Å²) >= 11 is 0. The van der Waals surface area contributed by atoms with Crippen LogP contribution in [0.15, 0.2) is 24.3 Å². The molecule has 1 atom stereocenters. The number of nitrogens with one attached hydrogen (secondary N) is 1. The highest BCUT2D eigenvalue weighted by Gasteiger charge is 2.42. The zero-order valence-electron chi connectivity index (χ0n) is 15.5. The van der Waals surface area contributed by atoms with Crippen LogP contribution >= 0.6 is 0 Å². The van der Waals surface area contributed by atoms with Crippen molar-refractivity contribution in [2.75, 3.05) is 19.8 Å². The van der Waals surface area contributed by atoms with Gasteiger partial charge in [-0.1, -0.05) is 24.3 Å². The van der Waals surface area contributed by atoms with Crippen LogP contribution < -0.4 is 5.32 Å². The predicted molar refractivity (Wildman–Crippen MR) is 95.6 cm³/mol. The molecule has 2 aliphatic rings. The number of hydrogen-bond donors (Lipinski definition) is 1. The van der Waals surface area contributed by atoms with Crippen LogP contribution in [-0.4, -0.2) is 37.7 Å². The number of alkyl carbamates (subject to hydrolysis) is 1. The van der Waals surface area contributed by atoms with Gasteiger partial charge in [0, 0.05) is 12.0 Å². The molecule has 5 nitrogen and oxygen atoms in total. The molecule has 0 aromatic heterocycles. The van der Waals surface area contributed by atoms with Crippen LogP contribution in [0.3, 0.4) is 0 Å². The molecule has 138 valence electrons. The van der Waals surface area contributed by atoms with Crippen LogP contribution in [-0.2, 0) is 26.0 Å². The molecule has 3 rings (SSSR count). The van der Waals surface area contributed by atoms with Crippen molar-refractivity contribution in [3.05, 3.63) is 35.4 Å². The van der Waals surface area contributed by atoms with E-state index < -0.39 is 5.60 Å². The van der Waals surface area contributed by atoms with Gasteiger partial charge in [-0.05, 0) is 57.6 Å². The first kappa shape index (κ1) is 18.2. The Kier molecular flexibility index (Phi) is 5.35. The number of rotatable bonds is 6. The number of carbonyl (C=O) groups excluding carboxylic acids is 1. The van der Waals surface area contributed by atoms with E-state index in [1.54, 1.807) is 0 Å². The molecule has 5 heteroatoms. The minimum atomic E-state index is -0.470. The third kappa shape index (κ3) is 4.53. The minimum Gasteiger partial charge on any atom is -0.444 e. The summed E-state index contributed by atoms with van der Waals surface area (Å²) in [6, 6.07) is 8.58. The summed E-state index contributed by atoms with van der Waals surface area (Å²) in [6.45, 7) is 7.60. The molecule has 0 spiro atoms. The summed E-state index contributed by atoms with van der Waals surface area (Å²) < 4.78 is 16.5. The second-order valence-electron chi connectivity index (χ2n) is 8.00. The summed E-state index contributed by atoms with van der Waals surface area (Å²) in [5, 5.41) is 2.90. The number of amides is 1.